The van der Waals surface area contributed by atoms with Crippen LogP contribution in [0.25, 0.3) is 0 Å². The lowest BCUT2D eigenvalue weighted by Gasteiger charge is -2.32. The zero-order valence-electron chi connectivity index (χ0n) is 13.0. The van der Waals surface area contributed by atoms with Crippen molar-refractivity contribution >= 4 is 23.6 Å². The summed E-state index contributed by atoms with van der Waals surface area (Å²) in [6, 6.07) is 6.61. The topological polar surface area (TPSA) is 78.9 Å². The second kappa shape index (κ2) is 8.17. The highest BCUT2D eigenvalue weighted by molar-refractivity contribution is 6.30. The summed E-state index contributed by atoms with van der Waals surface area (Å²) in [5.74, 6) is -1.35. The van der Waals surface area contributed by atoms with Gasteiger partial charge in [0.15, 0.2) is 0 Å². The number of rotatable bonds is 5. The van der Waals surface area contributed by atoms with E-state index in [9.17, 15) is 9.59 Å². The van der Waals surface area contributed by atoms with Crippen LogP contribution in [0.4, 0.5) is 4.79 Å². The zero-order valence-corrected chi connectivity index (χ0v) is 13.8. The largest absolute Gasteiger partial charge is 0.481 e. The molecule has 0 bridgehead atoms. The van der Waals surface area contributed by atoms with Crippen LogP contribution in [0.5, 0.6) is 0 Å². The summed E-state index contributed by atoms with van der Waals surface area (Å²) < 4.78 is 5.18. The number of likely N-dealkylation sites (tertiary alicyclic amines) is 1. The fourth-order valence-electron chi connectivity index (χ4n) is 2.69. The molecule has 1 fully saturated rings. The van der Waals surface area contributed by atoms with E-state index >= 15 is 0 Å². The molecular formula is C16H21ClN2O4. The van der Waals surface area contributed by atoms with Gasteiger partial charge in [0.05, 0.1) is 18.6 Å². The molecule has 1 saturated heterocycles. The van der Waals surface area contributed by atoms with Gasteiger partial charge in [-0.25, -0.2) is 4.79 Å². The Hall–Kier alpha value is -1.79. The van der Waals surface area contributed by atoms with Crippen LogP contribution in [0.15, 0.2) is 24.3 Å². The van der Waals surface area contributed by atoms with E-state index in [4.69, 9.17) is 21.4 Å². The Balaban J connectivity index is 2.02. The number of urea groups is 1. The van der Waals surface area contributed by atoms with E-state index in [1.54, 1.807) is 24.1 Å². The first-order chi connectivity index (χ1) is 11.0. The Morgan fingerprint density at radius 3 is 2.74 bits per heavy atom. The van der Waals surface area contributed by atoms with E-state index in [0.717, 1.165) is 5.56 Å². The Labute approximate surface area is 140 Å². The Bertz CT molecular complexity index is 550. The van der Waals surface area contributed by atoms with Gasteiger partial charge in [-0.15, -0.1) is 0 Å². The first kappa shape index (κ1) is 17.6. The molecule has 126 valence electrons. The van der Waals surface area contributed by atoms with Crippen LogP contribution in [-0.2, 0) is 9.53 Å². The lowest BCUT2D eigenvalue weighted by atomic mass is 9.98. The van der Waals surface area contributed by atoms with Crippen molar-refractivity contribution in [3.05, 3.63) is 34.9 Å². The van der Waals surface area contributed by atoms with Gasteiger partial charge in [-0.2, -0.15) is 0 Å². The molecule has 2 amide bonds. The molecule has 1 aliphatic heterocycles. The van der Waals surface area contributed by atoms with E-state index in [2.05, 4.69) is 5.32 Å². The minimum Gasteiger partial charge on any atom is -0.481 e. The van der Waals surface area contributed by atoms with E-state index in [1.807, 2.05) is 12.1 Å². The van der Waals surface area contributed by atoms with Crippen LogP contribution in [0.2, 0.25) is 5.02 Å². The van der Waals surface area contributed by atoms with Crippen LogP contribution in [0.1, 0.15) is 24.4 Å². The molecule has 6 nitrogen and oxygen atoms in total. The number of aliphatic carboxylic acids is 1. The van der Waals surface area contributed by atoms with Crippen LogP contribution in [0.3, 0.4) is 0 Å². The summed E-state index contributed by atoms with van der Waals surface area (Å²) in [6.45, 7) is 1.13. The molecular weight excluding hydrogens is 320 g/mol. The highest BCUT2D eigenvalue weighted by atomic mass is 35.5. The summed E-state index contributed by atoms with van der Waals surface area (Å²) in [4.78, 5) is 25.1. The second-order valence-corrected chi connectivity index (χ2v) is 6.07. The predicted molar refractivity (Wildman–Crippen MR) is 86.5 cm³/mol. The van der Waals surface area contributed by atoms with E-state index in [-0.39, 0.29) is 18.6 Å². The highest BCUT2D eigenvalue weighted by Crippen LogP contribution is 2.20. The molecule has 0 aromatic heterocycles. The first-order valence-corrected chi connectivity index (χ1v) is 7.91. The minimum absolute atomic E-state index is 0.238. The smallest absolute Gasteiger partial charge is 0.317 e. The van der Waals surface area contributed by atoms with Gasteiger partial charge in [-0.3, -0.25) is 4.79 Å². The van der Waals surface area contributed by atoms with Crippen LogP contribution in [0, 0.1) is 5.92 Å². The molecule has 1 heterocycles. The maximum absolute atomic E-state index is 12.4. The number of hydrogen-bond donors (Lipinski definition) is 2. The van der Waals surface area contributed by atoms with Gasteiger partial charge in [-0.1, -0.05) is 23.7 Å². The fraction of sp³-hybridized carbons (Fsp3) is 0.500. The summed E-state index contributed by atoms with van der Waals surface area (Å²) in [5, 5.41) is 12.6. The number of methoxy groups -OCH3 is 1. The second-order valence-electron chi connectivity index (χ2n) is 5.63. The number of carbonyl (C=O) groups excluding carboxylic acids is 1. The molecule has 1 aromatic carbocycles. The Kier molecular flexibility index (Phi) is 6.24. The zero-order chi connectivity index (χ0) is 16.8. The predicted octanol–water partition coefficient (Wildman–Crippen LogP) is 2.53. The molecule has 1 aromatic rings. The van der Waals surface area contributed by atoms with Gasteiger partial charge in [0, 0.05) is 25.2 Å². The molecule has 2 atom stereocenters. The number of benzene rings is 1. The first-order valence-electron chi connectivity index (χ1n) is 7.54. The van der Waals surface area contributed by atoms with Crippen molar-refractivity contribution < 1.29 is 19.4 Å². The van der Waals surface area contributed by atoms with Gasteiger partial charge >= 0.3 is 12.0 Å². The van der Waals surface area contributed by atoms with Crippen LogP contribution < -0.4 is 5.32 Å². The number of nitrogens with zero attached hydrogens (tertiary/aromatic N) is 1. The molecule has 0 saturated carbocycles. The van der Waals surface area contributed by atoms with Crippen molar-refractivity contribution in [3.8, 4) is 0 Å². The van der Waals surface area contributed by atoms with E-state index in [0.29, 0.717) is 31.0 Å². The molecule has 0 radical (unpaired) electrons. The Morgan fingerprint density at radius 2 is 2.13 bits per heavy atom. The molecule has 0 spiro atoms. The summed E-state index contributed by atoms with van der Waals surface area (Å²) in [7, 11) is 1.57. The van der Waals surface area contributed by atoms with Crippen molar-refractivity contribution in [2.24, 2.45) is 5.92 Å². The van der Waals surface area contributed by atoms with Gasteiger partial charge in [-0.05, 0) is 30.5 Å². The average molecular weight is 341 g/mol. The van der Waals surface area contributed by atoms with E-state index < -0.39 is 11.9 Å². The highest BCUT2D eigenvalue weighted by Gasteiger charge is 2.29. The molecule has 7 heteroatoms. The molecule has 23 heavy (non-hydrogen) atoms. The molecule has 2 N–H and O–H groups in total. The third-order valence-corrected chi connectivity index (χ3v) is 4.21. The molecule has 2 rings (SSSR count). The molecule has 1 aliphatic rings. The average Bonchev–Trinajstić information content (AvgIpc) is 2.55. The number of carboxylic acid groups (broad SMARTS) is 1. The van der Waals surface area contributed by atoms with Crippen molar-refractivity contribution in [3.63, 3.8) is 0 Å². The van der Waals surface area contributed by atoms with Crippen molar-refractivity contribution in [1.29, 1.82) is 0 Å². The van der Waals surface area contributed by atoms with Gasteiger partial charge < -0.3 is 20.1 Å². The maximum Gasteiger partial charge on any atom is 0.317 e. The SMILES string of the molecule is COCC(NC(=O)N1CCCC(C(=O)O)C1)c1ccc(Cl)cc1. The van der Waals surface area contributed by atoms with Gasteiger partial charge in [0.2, 0.25) is 0 Å². The number of hydrogen-bond acceptors (Lipinski definition) is 3. The number of carbonyl (C=O) groups is 2. The van der Waals surface area contributed by atoms with Gasteiger partial charge in [0.1, 0.15) is 0 Å². The number of halogens is 1. The fourth-order valence-corrected chi connectivity index (χ4v) is 2.81. The quantitative estimate of drug-likeness (QED) is 0.863. The van der Waals surface area contributed by atoms with Crippen molar-refractivity contribution in [2.45, 2.75) is 18.9 Å². The number of amides is 2. The number of ether oxygens (including phenoxy) is 1. The summed E-state index contributed by atoms with van der Waals surface area (Å²) >= 11 is 5.88. The number of carboxylic acids is 1. The third-order valence-electron chi connectivity index (χ3n) is 3.96. The van der Waals surface area contributed by atoms with Crippen LogP contribution in [-0.4, -0.2) is 48.8 Å². The van der Waals surface area contributed by atoms with Crippen LogP contribution >= 0.6 is 11.6 Å². The maximum atomic E-state index is 12.4. The normalized spacial score (nSPS) is 19.2. The lowest BCUT2D eigenvalue weighted by Crippen LogP contribution is -2.48. The number of nitrogens with one attached hydrogen (secondary N) is 1. The van der Waals surface area contributed by atoms with Crippen molar-refractivity contribution in [2.75, 3.05) is 26.8 Å². The van der Waals surface area contributed by atoms with E-state index in [1.165, 1.54) is 0 Å². The molecule has 0 aliphatic carbocycles. The van der Waals surface area contributed by atoms with Gasteiger partial charge in [0.25, 0.3) is 0 Å². The number of piperidine rings is 1. The summed E-state index contributed by atoms with van der Waals surface area (Å²) in [5.41, 5.74) is 0.886. The lowest BCUT2D eigenvalue weighted by molar-refractivity contribution is -0.143. The third kappa shape index (κ3) is 4.84. The minimum atomic E-state index is -0.853. The summed E-state index contributed by atoms with van der Waals surface area (Å²) in [6.07, 6.45) is 1.30. The monoisotopic (exact) mass is 340 g/mol. The standard InChI is InChI=1S/C16H21ClN2O4/c1-23-10-14(11-4-6-13(17)7-5-11)18-16(22)19-8-2-3-12(9-19)15(20)21/h4-7,12,14H,2-3,8-10H2,1H3,(H,18,22)(H,20,21). The molecule has 2 unspecified atom stereocenters. The Morgan fingerprint density at radius 1 is 1.43 bits per heavy atom. The van der Waals surface area contributed by atoms with Crippen molar-refractivity contribution in [1.82, 2.24) is 10.2 Å².